The van der Waals surface area contributed by atoms with Gasteiger partial charge in [0.05, 0.1) is 9.82 Å². The summed E-state index contributed by atoms with van der Waals surface area (Å²) in [7, 11) is -0.267. The predicted octanol–water partition coefficient (Wildman–Crippen LogP) is 1.84. The number of rotatable bonds is 6. The Balaban J connectivity index is 2.30. The van der Waals surface area contributed by atoms with Crippen molar-refractivity contribution in [2.24, 2.45) is 0 Å². The molecule has 0 saturated carbocycles. The van der Waals surface area contributed by atoms with Gasteiger partial charge in [0.25, 0.3) is 5.69 Å². The van der Waals surface area contributed by atoms with Crippen LogP contribution in [0.1, 0.15) is 11.1 Å². The molecule has 24 heavy (non-hydrogen) atoms. The van der Waals surface area contributed by atoms with Gasteiger partial charge in [-0.15, -0.1) is 0 Å². The highest BCUT2D eigenvalue weighted by molar-refractivity contribution is 7.89. The summed E-state index contributed by atoms with van der Waals surface area (Å²) in [6.45, 7) is 1.62. The minimum absolute atomic E-state index is 0.0336. The Morgan fingerprint density at radius 2 is 2.00 bits per heavy atom. The van der Waals surface area contributed by atoms with Crippen LogP contribution in [0.4, 0.5) is 11.5 Å². The van der Waals surface area contributed by atoms with Gasteiger partial charge in [0.15, 0.2) is 0 Å². The van der Waals surface area contributed by atoms with E-state index in [0.717, 1.165) is 6.07 Å². The van der Waals surface area contributed by atoms with Crippen LogP contribution in [0.25, 0.3) is 0 Å². The summed E-state index contributed by atoms with van der Waals surface area (Å²) in [5.74, 6) is 0.649. The van der Waals surface area contributed by atoms with Gasteiger partial charge in [0.1, 0.15) is 5.82 Å². The van der Waals surface area contributed by atoms with Crippen molar-refractivity contribution in [2.45, 2.75) is 18.4 Å². The summed E-state index contributed by atoms with van der Waals surface area (Å²) in [5.41, 5.74) is 0.873. The third kappa shape index (κ3) is 3.87. The molecule has 0 radical (unpaired) electrons. The van der Waals surface area contributed by atoms with Crippen molar-refractivity contribution in [1.82, 2.24) is 9.71 Å². The van der Waals surface area contributed by atoms with Gasteiger partial charge < -0.3 is 4.90 Å². The Morgan fingerprint density at radius 3 is 2.62 bits per heavy atom. The first-order valence-electron chi connectivity index (χ1n) is 7.08. The highest BCUT2D eigenvalue weighted by atomic mass is 32.2. The summed E-state index contributed by atoms with van der Waals surface area (Å²) in [5, 5.41) is 10.9. The smallest absolute Gasteiger partial charge is 0.270 e. The molecule has 0 unspecified atom stereocenters. The number of nitrogens with one attached hydrogen (secondary N) is 1. The van der Waals surface area contributed by atoms with E-state index in [1.807, 2.05) is 14.1 Å². The van der Waals surface area contributed by atoms with Crippen LogP contribution in [0.2, 0.25) is 0 Å². The summed E-state index contributed by atoms with van der Waals surface area (Å²) < 4.78 is 27.5. The number of hydrogen-bond acceptors (Lipinski definition) is 6. The Morgan fingerprint density at radius 1 is 1.29 bits per heavy atom. The van der Waals surface area contributed by atoms with E-state index in [-0.39, 0.29) is 17.1 Å². The average Bonchev–Trinajstić information content (AvgIpc) is 2.53. The van der Waals surface area contributed by atoms with Gasteiger partial charge in [-0.05, 0) is 18.6 Å². The number of anilines is 1. The van der Waals surface area contributed by atoms with Crippen molar-refractivity contribution in [3.8, 4) is 0 Å². The number of aromatic nitrogens is 1. The van der Waals surface area contributed by atoms with E-state index >= 15 is 0 Å². The van der Waals surface area contributed by atoms with Gasteiger partial charge in [0.2, 0.25) is 10.0 Å². The van der Waals surface area contributed by atoms with Crippen LogP contribution >= 0.6 is 0 Å². The molecule has 0 bridgehead atoms. The summed E-state index contributed by atoms with van der Waals surface area (Å²) in [6.07, 6.45) is 1.62. The molecule has 1 N–H and O–H groups in total. The number of aryl methyl sites for hydroxylation is 1. The van der Waals surface area contributed by atoms with Crippen LogP contribution in [-0.4, -0.2) is 32.4 Å². The molecule has 1 aromatic carbocycles. The van der Waals surface area contributed by atoms with E-state index in [0.29, 0.717) is 16.9 Å². The number of benzene rings is 1. The normalized spacial score (nSPS) is 11.3. The number of pyridine rings is 1. The number of nitro groups is 1. The van der Waals surface area contributed by atoms with Gasteiger partial charge in [-0.2, -0.15) is 0 Å². The monoisotopic (exact) mass is 350 g/mol. The first-order valence-corrected chi connectivity index (χ1v) is 8.56. The highest BCUT2D eigenvalue weighted by Crippen LogP contribution is 2.22. The van der Waals surface area contributed by atoms with Gasteiger partial charge in [-0.3, -0.25) is 10.1 Å². The summed E-state index contributed by atoms with van der Waals surface area (Å²) in [6, 6.07) is 7.25. The van der Waals surface area contributed by atoms with Crippen LogP contribution in [0.15, 0.2) is 41.4 Å². The lowest BCUT2D eigenvalue weighted by Gasteiger charge is -2.16. The van der Waals surface area contributed by atoms with Crippen LogP contribution in [0.5, 0.6) is 0 Å². The standard InChI is InChI=1S/C15H18N4O4S/c1-11-6-7-13(19(20)21)9-14(11)24(22,23)17-10-12-5-4-8-16-15(12)18(2)3/h4-9,17H,10H2,1-3H3. The van der Waals surface area contributed by atoms with Gasteiger partial charge >= 0.3 is 0 Å². The van der Waals surface area contributed by atoms with Gasteiger partial charge in [-0.25, -0.2) is 18.1 Å². The van der Waals surface area contributed by atoms with E-state index in [4.69, 9.17) is 0 Å². The lowest BCUT2D eigenvalue weighted by atomic mass is 10.2. The van der Waals surface area contributed by atoms with Crippen LogP contribution in [0.3, 0.4) is 0 Å². The fourth-order valence-corrected chi connectivity index (χ4v) is 3.48. The fourth-order valence-electron chi connectivity index (χ4n) is 2.21. The second-order valence-electron chi connectivity index (χ2n) is 5.41. The van der Waals surface area contributed by atoms with Crippen molar-refractivity contribution < 1.29 is 13.3 Å². The topological polar surface area (TPSA) is 105 Å². The van der Waals surface area contributed by atoms with Crippen molar-refractivity contribution in [1.29, 1.82) is 0 Å². The first kappa shape index (κ1) is 17.8. The second kappa shape index (κ2) is 6.93. The Hall–Kier alpha value is -2.52. The van der Waals surface area contributed by atoms with Crippen LogP contribution in [-0.2, 0) is 16.6 Å². The molecule has 0 spiro atoms. The van der Waals surface area contributed by atoms with Gasteiger partial charge in [0, 0.05) is 44.5 Å². The number of nitro benzene ring substituents is 1. The quantitative estimate of drug-likeness (QED) is 0.629. The molecule has 2 rings (SSSR count). The Kier molecular flexibility index (Phi) is 5.15. The zero-order chi connectivity index (χ0) is 17.9. The molecular weight excluding hydrogens is 332 g/mol. The fraction of sp³-hybridized carbons (Fsp3) is 0.267. The molecule has 0 aliphatic carbocycles. The molecule has 1 aromatic heterocycles. The zero-order valence-electron chi connectivity index (χ0n) is 13.6. The zero-order valence-corrected chi connectivity index (χ0v) is 14.4. The SMILES string of the molecule is Cc1ccc([N+](=O)[O-])cc1S(=O)(=O)NCc1cccnc1N(C)C. The lowest BCUT2D eigenvalue weighted by Crippen LogP contribution is -2.25. The largest absolute Gasteiger partial charge is 0.362 e. The summed E-state index contributed by atoms with van der Waals surface area (Å²) >= 11 is 0. The number of non-ortho nitro benzene ring substituents is 1. The molecule has 0 aliphatic rings. The van der Waals surface area contributed by atoms with Crippen molar-refractivity contribution >= 4 is 21.5 Å². The molecule has 0 atom stereocenters. The van der Waals surface area contributed by atoms with Gasteiger partial charge in [-0.1, -0.05) is 12.1 Å². The maximum atomic E-state index is 12.5. The van der Waals surface area contributed by atoms with E-state index in [1.165, 1.54) is 12.1 Å². The van der Waals surface area contributed by atoms with Crippen molar-refractivity contribution in [3.63, 3.8) is 0 Å². The van der Waals surface area contributed by atoms with E-state index in [1.54, 1.807) is 30.2 Å². The molecular formula is C15H18N4O4S. The number of nitrogens with zero attached hydrogens (tertiary/aromatic N) is 3. The molecule has 0 aliphatic heterocycles. The van der Waals surface area contributed by atoms with Crippen molar-refractivity contribution in [2.75, 3.05) is 19.0 Å². The molecule has 1 heterocycles. The first-order chi connectivity index (χ1) is 11.2. The molecule has 9 heteroatoms. The third-order valence-electron chi connectivity index (χ3n) is 3.42. The van der Waals surface area contributed by atoms with E-state index in [2.05, 4.69) is 9.71 Å². The highest BCUT2D eigenvalue weighted by Gasteiger charge is 2.21. The second-order valence-corrected chi connectivity index (χ2v) is 7.15. The summed E-state index contributed by atoms with van der Waals surface area (Å²) in [4.78, 5) is 16.1. The third-order valence-corrected chi connectivity index (χ3v) is 4.96. The molecule has 0 fully saturated rings. The molecule has 2 aromatic rings. The number of hydrogen-bond donors (Lipinski definition) is 1. The minimum atomic E-state index is -3.89. The van der Waals surface area contributed by atoms with Crippen molar-refractivity contribution in [3.05, 3.63) is 57.8 Å². The Labute approximate surface area is 140 Å². The van der Waals surface area contributed by atoms with Crippen LogP contribution < -0.4 is 9.62 Å². The lowest BCUT2D eigenvalue weighted by molar-refractivity contribution is -0.385. The van der Waals surface area contributed by atoms with Crippen LogP contribution in [0, 0.1) is 17.0 Å². The minimum Gasteiger partial charge on any atom is -0.362 e. The predicted molar refractivity (Wildman–Crippen MR) is 90.4 cm³/mol. The van der Waals surface area contributed by atoms with E-state index < -0.39 is 14.9 Å². The molecule has 0 saturated heterocycles. The molecule has 0 amide bonds. The average molecular weight is 350 g/mol. The maximum Gasteiger partial charge on any atom is 0.270 e. The number of sulfonamides is 1. The molecule has 128 valence electrons. The maximum absolute atomic E-state index is 12.5. The molecule has 8 nitrogen and oxygen atoms in total. The Bertz CT molecular complexity index is 866. The van der Waals surface area contributed by atoms with E-state index in [9.17, 15) is 18.5 Å².